The monoisotopic (exact) mass is 254 g/mol. The highest BCUT2D eigenvalue weighted by molar-refractivity contribution is 6.63. The Bertz CT molecular complexity index is 393. The number of hydrogen-bond donors (Lipinski definition) is 0. The molecule has 0 atom stereocenters. The molecule has 0 N–H and O–H groups in total. The van der Waals surface area contributed by atoms with E-state index in [4.69, 9.17) is 19.9 Å². The quantitative estimate of drug-likeness (QED) is 0.247. The van der Waals surface area contributed by atoms with E-state index in [9.17, 15) is 0 Å². The van der Waals surface area contributed by atoms with Crippen molar-refractivity contribution in [1.29, 1.82) is 0 Å². The van der Waals surface area contributed by atoms with Crippen LogP contribution in [-0.2, 0) is 8.85 Å². The fourth-order valence-corrected chi connectivity index (χ4v) is 3.37. The largest absolute Gasteiger partial charge is 0.522 e. The Kier molecular flexibility index (Phi) is 3.51. The molecular formula is C8H14N6O2Si. The van der Waals surface area contributed by atoms with Gasteiger partial charge >= 0.3 is 8.88 Å². The summed E-state index contributed by atoms with van der Waals surface area (Å²) in [5, 5.41) is 0. The lowest BCUT2D eigenvalue weighted by Gasteiger charge is -2.31. The predicted molar refractivity (Wildman–Crippen MR) is 63.5 cm³/mol. The van der Waals surface area contributed by atoms with Crippen molar-refractivity contribution in [2.45, 2.75) is 38.9 Å². The summed E-state index contributed by atoms with van der Waals surface area (Å²) in [6, 6.07) is 0. The summed E-state index contributed by atoms with van der Waals surface area (Å²) >= 11 is 0. The van der Waals surface area contributed by atoms with E-state index in [0.717, 1.165) is 0 Å². The number of azide groups is 1. The Morgan fingerprint density at radius 3 is 1.59 bits per heavy atom. The van der Waals surface area contributed by atoms with Crippen LogP contribution in [-0.4, -0.2) is 20.1 Å². The second kappa shape index (κ2) is 4.40. The second-order valence-electron chi connectivity index (χ2n) is 4.67. The minimum Gasteiger partial charge on any atom is -0.380 e. The van der Waals surface area contributed by atoms with Crippen LogP contribution in [0.2, 0.25) is 0 Å². The van der Waals surface area contributed by atoms with Gasteiger partial charge in [0.25, 0.3) is 0 Å². The molecule has 8 nitrogen and oxygen atoms in total. The van der Waals surface area contributed by atoms with Crippen LogP contribution in [0.25, 0.3) is 20.9 Å². The van der Waals surface area contributed by atoms with Crippen LogP contribution < -0.4 is 0 Å². The first kappa shape index (κ1) is 13.6. The first-order chi connectivity index (χ1) is 7.74. The van der Waals surface area contributed by atoms with E-state index in [1.807, 2.05) is 0 Å². The van der Waals surface area contributed by atoms with Gasteiger partial charge in [-0.3, -0.25) is 0 Å². The minimum absolute atomic E-state index is 0.720. The Labute approximate surface area is 99.9 Å². The Hall–Kier alpha value is -1.50. The first-order valence-electron chi connectivity index (χ1n) is 4.97. The summed E-state index contributed by atoms with van der Waals surface area (Å²) in [7, 11) is -3.65. The molecule has 1 aliphatic rings. The molecule has 0 saturated carbocycles. The summed E-state index contributed by atoms with van der Waals surface area (Å²) in [5.41, 5.74) is 15.7. The zero-order chi connectivity index (χ0) is 13.2. The van der Waals surface area contributed by atoms with Crippen molar-refractivity contribution < 1.29 is 8.85 Å². The predicted octanol–water partition coefficient (Wildman–Crippen LogP) is 3.20. The second-order valence-corrected chi connectivity index (χ2v) is 6.58. The minimum atomic E-state index is -3.65. The molecule has 1 heterocycles. The molecule has 0 spiro atoms. The topological polar surface area (TPSA) is 116 Å². The molecule has 0 radical (unpaired) electrons. The highest BCUT2D eigenvalue weighted by atomic mass is 28.4. The maximum absolute atomic E-state index is 8.57. The Morgan fingerprint density at radius 2 is 1.29 bits per heavy atom. The summed E-state index contributed by atoms with van der Waals surface area (Å²) < 4.78 is 18.1. The van der Waals surface area contributed by atoms with E-state index in [-0.39, 0.29) is 0 Å². The summed E-state index contributed by atoms with van der Waals surface area (Å²) in [6.45, 7) is 7.09. The van der Waals surface area contributed by atoms with Crippen molar-refractivity contribution in [3.63, 3.8) is 0 Å². The standard InChI is InChI=1S/C8H14N6O2Si/c1-7(2)5-6-8(3,4)16-17(15-7,13-11-9)14-12-10/h5-6H,1-4H3. The van der Waals surface area contributed by atoms with E-state index < -0.39 is 20.1 Å². The lowest BCUT2D eigenvalue weighted by atomic mass is 10.0. The molecule has 0 unspecified atom stereocenters. The highest BCUT2D eigenvalue weighted by Gasteiger charge is 2.47. The van der Waals surface area contributed by atoms with Gasteiger partial charge in [0.15, 0.2) is 0 Å². The maximum Gasteiger partial charge on any atom is 0.522 e. The smallest absolute Gasteiger partial charge is 0.380 e. The SMILES string of the molecule is CC1(C)C=CC(C)(C)O[Si](N=[N+]=[N-])(N=[N+]=[N-])O1. The highest BCUT2D eigenvalue weighted by Crippen LogP contribution is 2.31. The fourth-order valence-electron chi connectivity index (χ4n) is 1.39. The summed E-state index contributed by atoms with van der Waals surface area (Å²) in [6.07, 6.45) is 3.59. The molecule has 1 aliphatic heterocycles. The van der Waals surface area contributed by atoms with Crippen molar-refractivity contribution in [3.8, 4) is 0 Å². The average molecular weight is 254 g/mol. The summed E-state index contributed by atoms with van der Waals surface area (Å²) in [5.74, 6) is 0. The number of nitrogens with zero attached hydrogens (tertiary/aromatic N) is 6. The van der Waals surface area contributed by atoms with Gasteiger partial charge in [0.05, 0.1) is 11.2 Å². The number of rotatable bonds is 2. The van der Waals surface area contributed by atoms with Crippen molar-refractivity contribution in [2.24, 2.45) is 9.56 Å². The molecule has 0 aromatic heterocycles. The van der Waals surface area contributed by atoms with Gasteiger partial charge in [0.2, 0.25) is 0 Å². The van der Waals surface area contributed by atoms with Crippen molar-refractivity contribution in [2.75, 3.05) is 0 Å². The van der Waals surface area contributed by atoms with Gasteiger partial charge in [-0.05, 0) is 48.3 Å². The summed E-state index contributed by atoms with van der Waals surface area (Å²) in [4.78, 5) is 5.33. The maximum atomic E-state index is 8.57. The third-order valence-corrected chi connectivity index (χ3v) is 4.29. The van der Waals surface area contributed by atoms with Crippen LogP contribution in [0.1, 0.15) is 27.7 Å². The zero-order valence-corrected chi connectivity index (χ0v) is 11.2. The molecule has 0 aromatic carbocycles. The molecule has 0 saturated heterocycles. The lowest BCUT2D eigenvalue weighted by molar-refractivity contribution is 0.0541. The van der Waals surface area contributed by atoms with E-state index in [0.29, 0.717) is 0 Å². The lowest BCUT2D eigenvalue weighted by Crippen LogP contribution is -2.47. The zero-order valence-electron chi connectivity index (χ0n) is 10.2. The third-order valence-electron chi connectivity index (χ3n) is 2.02. The molecule has 0 aromatic rings. The van der Waals surface area contributed by atoms with Crippen LogP contribution in [0.3, 0.4) is 0 Å². The van der Waals surface area contributed by atoms with Crippen LogP contribution in [0.15, 0.2) is 21.7 Å². The molecule has 1 rings (SSSR count). The normalized spacial score (nSPS) is 24.0. The van der Waals surface area contributed by atoms with E-state index >= 15 is 0 Å². The van der Waals surface area contributed by atoms with Crippen LogP contribution in [0.5, 0.6) is 0 Å². The Balaban J connectivity index is 3.31. The van der Waals surface area contributed by atoms with E-state index in [1.54, 1.807) is 39.8 Å². The molecule has 17 heavy (non-hydrogen) atoms. The number of hydrogen-bond acceptors (Lipinski definition) is 4. The average Bonchev–Trinajstić information content (AvgIpc) is 2.22. The van der Waals surface area contributed by atoms with Crippen LogP contribution in [0.4, 0.5) is 0 Å². The molecule has 9 heteroatoms. The first-order valence-corrected chi connectivity index (χ1v) is 6.69. The van der Waals surface area contributed by atoms with E-state index in [1.165, 1.54) is 0 Å². The third kappa shape index (κ3) is 3.48. The molecule has 0 amide bonds. The Morgan fingerprint density at radius 1 is 0.941 bits per heavy atom. The van der Waals surface area contributed by atoms with E-state index in [2.05, 4.69) is 19.4 Å². The fraction of sp³-hybridized carbons (Fsp3) is 0.750. The van der Waals surface area contributed by atoms with Crippen LogP contribution in [0, 0.1) is 0 Å². The van der Waals surface area contributed by atoms with Gasteiger partial charge in [-0.25, -0.2) is 0 Å². The van der Waals surface area contributed by atoms with Gasteiger partial charge in [-0.15, -0.1) is 0 Å². The molecule has 0 fully saturated rings. The van der Waals surface area contributed by atoms with Crippen molar-refractivity contribution in [1.82, 2.24) is 0 Å². The van der Waals surface area contributed by atoms with Gasteiger partial charge in [-0.1, -0.05) is 12.2 Å². The molecular weight excluding hydrogens is 240 g/mol. The van der Waals surface area contributed by atoms with Crippen LogP contribution >= 0.6 is 0 Å². The van der Waals surface area contributed by atoms with Crippen molar-refractivity contribution in [3.05, 3.63) is 33.0 Å². The van der Waals surface area contributed by atoms with Crippen molar-refractivity contribution >= 4 is 8.88 Å². The van der Waals surface area contributed by atoms with Gasteiger partial charge in [0, 0.05) is 9.82 Å². The molecule has 0 aliphatic carbocycles. The van der Waals surface area contributed by atoms with Gasteiger partial charge in [-0.2, -0.15) is 0 Å². The molecule has 92 valence electrons. The molecule has 0 bridgehead atoms. The van der Waals surface area contributed by atoms with Gasteiger partial charge in [0.1, 0.15) is 0 Å². The van der Waals surface area contributed by atoms with Gasteiger partial charge < -0.3 is 8.85 Å².